The van der Waals surface area contributed by atoms with E-state index in [2.05, 4.69) is 30.2 Å². The van der Waals surface area contributed by atoms with Gasteiger partial charge in [0, 0.05) is 6.92 Å². The fraction of sp³-hybridized carbons (Fsp3) is 0.367. The zero-order valence-corrected chi connectivity index (χ0v) is 35.2. The molecule has 0 amide bonds. The van der Waals surface area contributed by atoms with Crippen LogP contribution in [0.3, 0.4) is 0 Å². The summed E-state index contributed by atoms with van der Waals surface area (Å²) in [5.41, 5.74) is 1.91. The average molecular weight is 894 g/mol. The SMILES string of the molecule is C.CC#N.CCCc1ccc2nc(F)c(S(=O)(=O)F)n2n1.CCCc1ccc2nc(F)c(S(=O)(=O)O)n2n1.CCCc1ccc2nc(F)c(S(N)(=O)=O)n2n1.OO.[H-].[Na+]. The summed E-state index contributed by atoms with van der Waals surface area (Å²) in [6.07, 6.45) is 4.33. The Balaban J connectivity index is 0. The van der Waals surface area contributed by atoms with Crippen LogP contribution in [0.15, 0.2) is 51.5 Å². The zero-order valence-electron chi connectivity index (χ0n) is 31.8. The Bertz CT molecular complexity index is 2400. The first-order valence-corrected chi connectivity index (χ1v) is 20.2. The Morgan fingerprint density at radius 3 is 1.22 bits per heavy atom. The minimum atomic E-state index is -5.19. The average Bonchev–Trinajstić information content (AvgIpc) is 3.74. The van der Waals surface area contributed by atoms with Gasteiger partial charge in [0.05, 0.1) is 23.2 Å². The van der Waals surface area contributed by atoms with Gasteiger partial charge >= 0.3 is 49.9 Å². The molecule has 0 aliphatic carbocycles. The van der Waals surface area contributed by atoms with Crippen molar-refractivity contribution in [2.75, 3.05) is 0 Å². The van der Waals surface area contributed by atoms with E-state index in [0.717, 1.165) is 28.3 Å². The number of nitrogens with zero attached hydrogens (tertiary/aromatic N) is 10. The molecule has 6 heterocycles. The minimum absolute atomic E-state index is 0. The summed E-state index contributed by atoms with van der Waals surface area (Å²) >= 11 is 0. The maximum absolute atomic E-state index is 13.4. The summed E-state index contributed by atoms with van der Waals surface area (Å²) in [5.74, 6) is -3.77. The Hall–Kier alpha value is -4.24. The Morgan fingerprint density at radius 1 is 0.672 bits per heavy atom. The van der Waals surface area contributed by atoms with E-state index >= 15 is 0 Å². The second-order valence-corrected chi connectivity index (χ2v) is 14.9. The van der Waals surface area contributed by atoms with Gasteiger partial charge in [-0.15, -0.1) is 0 Å². The number of fused-ring (bicyclic) bond motifs is 3. The number of hydrogen-bond acceptors (Lipinski definition) is 15. The van der Waals surface area contributed by atoms with Crippen LogP contribution in [-0.2, 0) is 49.6 Å². The van der Waals surface area contributed by atoms with Gasteiger partial charge in [0.1, 0.15) is 0 Å². The standard InChI is InChI=1S/C9H9F2N3O2S.C9H11FN4O2S.C9H10FN3O3S.C2H3N.CH4.Na.H2O2.H/c2*1-2-3-6-4-5-7-12-8(10)9(14(7)13-6)17(11,15)16;1-2-3-6-4-5-7-11-8(10)9(13(7)12-6)17(14,15)16;1-2-3;;;1-2;/h4-5H,2-3H2,1H3;4-5H,2-3H2,1H3,(H2,11,15,16);4-5H,2-3H2,1H3,(H,14,15,16);1H3;1H4;;1-2H;/q;;;;;+1;;-1. The third kappa shape index (κ3) is 14.0. The molecule has 0 aromatic carbocycles. The molecule has 0 bridgehead atoms. The van der Waals surface area contributed by atoms with Crippen LogP contribution in [-0.4, -0.2) is 84.1 Å². The van der Waals surface area contributed by atoms with Gasteiger partial charge in [0.2, 0.25) is 15.1 Å². The molecule has 0 unspecified atom stereocenters. The minimum Gasteiger partial charge on any atom is -1.00 e. The van der Waals surface area contributed by atoms with E-state index in [0.29, 0.717) is 40.9 Å². The fourth-order valence-corrected chi connectivity index (χ4v) is 6.45. The Morgan fingerprint density at radius 2 is 0.948 bits per heavy atom. The van der Waals surface area contributed by atoms with Gasteiger partial charge in [-0.25, -0.2) is 13.6 Å². The molecular weight excluding hydrogens is 854 g/mol. The van der Waals surface area contributed by atoms with E-state index < -0.39 is 63.3 Å². The molecule has 0 aliphatic heterocycles. The topological polar surface area (TPSA) is 303 Å². The van der Waals surface area contributed by atoms with Crippen LogP contribution in [0.2, 0.25) is 0 Å². The first-order valence-electron chi connectivity index (χ1n) is 15.8. The molecule has 316 valence electrons. The van der Waals surface area contributed by atoms with Gasteiger partial charge in [-0.05, 0) is 55.7 Å². The molecule has 20 nitrogen and oxygen atoms in total. The molecule has 0 fully saturated rings. The number of halogens is 4. The molecule has 0 radical (unpaired) electrons. The number of nitriles is 1. The molecule has 5 N–H and O–H groups in total. The van der Waals surface area contributed by atoms with Gasteiger partial charge in [-0.2, -0.15) is 79.1 Å². The van der Waals surface area contributed by atoms with Crippen LogP contribution in [0.5, 0.6) is 0 Å². The summed E-state index contributed by atoms with van der Waals surface area (Å²) in [7, 11) is -14.1. The van der Waals surface area contributed by atoms with Crippen molar-refractivity contribution < 1.29 is 88.4 Å². The molecule has 0 saturated carbocycles. The number of nitrogens with two attached hydrogens (primary N) is 1. The van der Waals surface area contributed by atoms with Crippen molar-refractivity contribution in [1.29, 1.82) is 5.26 Å². The molecule has 6 aromatic rings. The Kier molecular flexibility index (Phi) is 21.7. The first kappa shape index (κ1) is 53.8. The number of primary sulfonamides is 1. The maximum Gasteiger partial charge on any atom is 1.00 e. The van der Waals surface area contributed by atoms with Crippen molar-refractivity contribution in [1.82, 2.24) is 43.8 Å². The number of sulfonamides is 1. The van der Waals surface area contributed by atoms with Crippen LogP contribution in [0.25, 0.3) is 16.9 Å². The van der Waals surface area contributed by atoms with Crippen LogP contribution >= 0.6 is 0 Å². The summed E-state index contributed by atoms with van der Waals surface area (Å²) in [5, 5.41) is 33.2. The van der Waals surface area contributed by atoms with Crippen LogP contribution in [0.1, 0.15) is 72.9 Å². The maximum atomic E-state index is 13.4. The number of rotatable bonds is 9. The largest absolute Gasteiger partial charge is 1.00 e. The van der Waals surface area contributed by atoms with Gasteiger partial charge in [0.15, 0.2) is 16.9 Å². The molecule has 0 atom stereocenters. The number of aryl methyl sites for hydroxylation is 3. The molecular formula is C30H40F4N11NaO9S3. The summed E-state index contributed by atoms with van der Waals surface area (Å²) in [4.78, 5) is 10.1. The van der Waals surface area contributed by atoms with Crippen molar-refractivity contribution in [3.8, 4) is 6.07 Å². The molecule has 6 aromatic heterocycles. The van der Waals surface area contributed by atoms with Crippen molar-refractivity contribution in [3.63, 3.8) is 0 Å². The van der Waals surface area contributed by atoms with E-state index in [1.165, 1.54) is 25.1 Å². The predicted octanol–water partition coefficient (Wildman–Crippen LogP) is 1.31. The van der Waals surface area contributed by atoms with E-state index in [4.69, 9.17) is 25.5 Å². The smallest absolute Gasteiger partial charge is 1.00 e. The van der Waals surface area contributed by atoms with Gasteiger partial charge in [-0.1, -0.05) is 51.3 Å². The van der Waals surface area contributed by atoms with E-state index in [-0.39, 0.29) is 55.4 Å². The van der Waals surface area contributed by atoms with Crippen molar-refractivity contribution in [2.45, 2.75) is 88.7 Å². The number of aromatic nitrogens is 9. The summed E-state index contributed by atoms with van der Waals surface area (Å²) < 4.78 is 130. The van der Waals surface area contributed by atoms with Gasteiger partial charge in [-0.3, -0.25) is 15.1 Å². The third-order valence-corrected chi connectivity index (χ3v) is 9.13. The molecule has 0 saturated heterocycles. The van der Waals surface area contributed by atoms with Gasteiger partial charge < -0.3 is 1.43 Å². The number of imidazole rings is 3. The fourth-order valence-electron chi connectivity index (χ4n) is 4.60. The van der Waals surface area contributed by atoms with Crippen molar-refractivity contribution >= 4 is 47.3 Å². The summed E-state index contributed by atoms with van der Waals surface area (Å²) in [6.45, 7) is 7.23. The predicted molar refractivity (Wildman–Crippen MR) is 195 cm³/mol. The normalized spacial score (nSPS) is 10.9. The van der Waals surface area contributed by atoms with Gasteiger partial charge in [0.25, 0.3) is 27.9 Å². The van der Waals surface area contributed by atoms with Crippen LogP contribution in [0, 0.1) is 29.2 Å². The van der Waals surface area contributed by atoms with E-state index in [1.807, 2.05) is 20.8 Å². The first-order chi connectivity index (χ1) is 26.2. The van der Waals surface area contributed by atoms with E-state index in [9.17, 15) is 42.3 Å². The van der Waals surface area contributed by atoms with Crippen LogP contribution in [0.4, 0.5) is 17.1 Å². The molecule has 0 spiro atoms. The summed E-state index contributed by atoms with van der Waals surface area (Å²) in [6, 6.07) is 11.0. The van der Waals surface area contributed by atoms with E-state index in [1.54, 1.807) is 24.3 Å². The quantitative estimate of drug-likeness (QED) is 0.0397. The Labute approximate surface area is 354 Å². The zero-order chi connectivity index (χ0) is 42.6. The second-order valence-electron chi connectivity index (χ2n) is 10.8. The third-order valence-electron chi connectivity index (χ3n) is 6.62. The van der Waals surface area contributed by atoms with Crippen molar-refractivity contribution in [3.05, 3.63) is 71.3 Å². The van der Waals surface area contributed by atoms with Crippen molar-refractivity contribution in [2.24, 2.45) is 5.14 Å². The monoisotopic (exact) mass is 893 g/mol. The number of hydrogen-bond donors (Lipinski definition) is 4. The molecule has 28 heteroatoms. The molecule has 6 rings (SSSR count). The van der Waals surface area contributed by atoms with Crippen LogP contribution < -0.4 is 34.7 Å². The molecule has 58 heavy (non-hydrogen) atoms. The molecule has 0 aliphatic rings. The second kappa shape index (κ2) is 23.4.